The van der Waals surface area contributed by atoms with Gasteiger partial charge in [-0.3, -0.25) is 0 Å². The van der Waals surface area contributed by atoms with Crippen LogP contribution in [-0.4, -0.2) is 29.5 Å². The van der Waals surface area contributed by atoms with Crippen molar-refractivity contribution in [1.29, 1.82) is 0 Å². The second-order valence-corrected chi connectivity index (χ2v) is 4.91. The third-order valence-corrected chi connectivity index (χ3v) is 2.93. The highest BCUT2D eigenvalue weighted by molar-refractivity contribution is 5.78. The predicted octanol–water partition coefficient (Wildman–Crippen LogP) is 1.58. The third kappa shape index (κ3) is 2.63. The number of aliphatic imine (C=N–C) groups is 1. The van der Waals surface area contributed by atoms with Gasteiger partial charge in [-0.05, 0) is 45.4 Å². The number of hydrogen-bond acceptors (Lipinski definition) is 1. The molecule has 2 fully saturated rings. The zero-order valence-corrected chi connectivity index (χ0v) is 9.24. The van der Waals surface area contributed by atoms with Gasteiger partial charge in [0.05, 0.1) is 6.04 Å². The van der Waals surface area contributed by atoms with Gasteiger partial charge in [0.25, 0.3) is 0 Å². The van der Waals surface area contributed by atoms with E-state index >= 15 is 0 Å². The summed E-state index contributed by atoms with van der Waals surface area (Å²) >= 11 is 0. The van der Waals surface area contributed by atoms with Crippen LogP contribution in [0, 0.1) is 5.92 Å². The first-order chi connectivity index (χ1) is 6.66. The van der Waals surface area contributed by atoms with Crippen LogP contribution in [0.15, 0.2) is 4.99 Å². The van der Waals surface area contributed by atoms with Crippen LogP contribution in [0.2, 0.25) is 0 Å². The Labute approximate surface area is 86.4 Å². The van der Waals surface area contributed by atoms with Gasteiger partial charge in [0, 0.05) is 12.6 Å². The molecule has 2 aliphatic carbocycles. The van der Waals surface area contributed by atoms with Crippen LogP contribution >= 0.6 is 0 Å². The summed E-state index contributed by atoms with van der Waals surface area (Å²) in [6.45, 7) is 5.50. The van der Waals surface area contributed by atoms with Crippen LogP contribution in [0.25, 0.3) is 0 Å². The summed E-state index contributed by atoms with van der Waals surface area (Å²) in [5.74, 6) is 1.65. The summed E-state index contributed by atoms with van der Waals surface area (Å²) in [6.07, 6.45) is 5.21. The quantitative estimate of drug-likeness (QED) is 0.546. The maximum atomic E-state index is 6.01. The molecule has 0 saturated heterocycles. The molecule has 0 radical (unpaired) electrons. The van der Waals surface area contributed by atoms with Gasteiger partial charge >= 0.3 is 0 Å². The number of rotatable bonds is 4. The number of guanidine groups is 1. The van der Waals surface area contributed by atoms with Crippen LogP contribution < -0.4 is 5.73 Å². The number of hydrogen-bond donors (Lipinski definition) is 1. The molecule has 2 aliphatic rings. The van der Waals surface area contributed by atoms with Crippen LogP contribution in [0.4, 0.5) is 0 Å². The van der Waals surface area contributed by atoms with Crippen molar-refractivity contribution in [2.24, 2.45) is 16.6 Å². The zero-order chi connectivity index (χ0) is 10.1. The highest BCUT2D eigenvalue weighted by Gasteiger charge is 2.28. The molecular weight excluding hydrogens is 174 g/mol. The first-order valence-electron chi connectivity index (χ1n) is 5.76. The van der Waals surface area contributed by atoms with Crippen LogP contribution in [-0.2, 0) is 0 Å². The summed E-state index contributed by atoms with van der Waals surface area (Å²) < 4.78 is 0. The number of nitrogens with zero attached hydrogens (tertiary/aromatic N) is 2. The average Bonchev–Trinajstić information content (AvgIpc) is 2.94. The molecular formula is C11H21N3. The highest BCUT2D eigenvalue weighted by atomic mass is 15.3. The normalized spacial score (nSPS) is 22.9. The molecule has 14 heavy (non-hydrogen) atoms. The SMILES string of the molecule is CC(C)N(CC1CC1)C(N)=NC1CC1. The second kappa shape index (κ2) is 3.79. The van der Waals surface area contributed by atoms with Gasteiger partial charge in [0.15, 0.2) is 5.96 Å². The van der Waals surface area contributed by atoms with E-state index in [0.717, 1.165) is 18.4 Å². The molecule has 0 aromatic rings. The average molecular weight is 195 g/mol. The van der Waals surface area contributed by atoms with E-state index in [1.165, 1.54) is 25.7 Å². The molecule has 80 valence electrons. The van der Waals surface area contributed by atoms with Gasteiger partial charge < -0.3 is 10.6 Å². The van der Waals surface area contributed by atoms with Crippen molar-refractivity contribution in [3.05, 3.63) is 0 Å². The van der Waals surface area contributed by atoms with Crippen molar-refractivity contribution < 1.29 is 0 Å². The maximum Gasteiger partial charge on any atom is 0.191 e. The molecule has 3 heteroatoms. The minimum atomic E-state index is 0.484. The molecule has 0 atom stereocenters. The lowest BCUT2D eigenvalue weighted by molar-refractivity contribution is 0.331. The summed E-state index contributed by atoms with van der Waals surface area (Å²) in [7, 11) is 0. The van der Waals surface area contributed by atoms with Crippen molar-refractivity contribution in [3.8, 4) is 0 Å². The molecule has 3 nitrogen and oxygen atoms in total. The van der Waals surface area contributed by atoms with Crippen molar-refractivity contribution in [2.75, 3.05) is 6.54 Å². The molecule has 0 aromatic carbocycles. The fourth-order valence-electron chi connectivity index (χ4n) is 1.61. The molecule has 2 rings (SSSR count). The van der Waals surface area contributed by atoms with E-state index in [2.05, 4.69) is 23.7 Å². The smallest absolute Gasteiger partial charge is 0.191 e. The summed E-state index contributed by atoms with van der Waals surface area (Å²) in [6, 6.07) is 1.02. The Hall–Kier alpha value is -0.730. The van der Waals surface area contributed by atoms with Crippen LogP contribution in [0.1, 0.15) is 39.5 Å². The fourth-order valence-corrected chi connectivity index (χ4v) is 1.61. The van der Waals surface area contributed by atoms with Crippen molar-refractivity contribution in [2.45, 2.75) is 51.6 Å². The highest BCUT2D eigenvalue weighted by Crippen LogP contribution is 2.30. The second-order valence-electron chi connectivity index (χ2n) is 4.91. The van der Waals surface area contributed by atoms with Crippen molar-refractivity contribution in [1.82, 2.24) is 4.90 Å². The molecule has 2 N–H and O–H groups in total. The first kappa shape index (κ1) is 9.81. The topological polar surface area (TPSA) is 41.6 Å². The molecule has 0 aliphatic heterocycles. The van der Waals surface area contributed by atoms with E-state index < -0.39 is 0 Å². The minimum Gasteiger partial charge on any atom is -0.370 e. The lowest BCUT2D eigenvalue weighted by Gasteiger charge is -2.27. The van der Waals surface area contributed by atoms with Crippen LogP contribution in [0.3, 0.4) is 0 Å². The lowest BCUT2D eigenvalue weighted by Crippen LogP contribution is -2.43. The monoisotopic (exact) mass is 195 g/mol. The number of nitrogens with two attached hydrogens (primary N) is 1. The summed E-state index contributed by atoms with van der Waals surface area (Å²) in [4.78, 5) is 6.77. The van der Waals surface area contributed by atoms with E-state index in [0.29, 0.717) is 12.1 Å². The largest absolute Gasteiger partial charge is 0.370 e. The molecule has 2 saturated carbocycles. The van der Waals surface area contributed by atoms with Crippen molar-refractivity contribution in [3.63, 3.8) is 0 Å². The van der Waals surface area contributed by atoms with Gasteiger partial charge in [-0.25, -0.2) is 4.99 Å². The van der Waals surface area contributed by atoms with Gasteiger partial charge in [-0.15, -0.1) is 0 Å². The van der Waals surface area contributed by atoms with E-state index in [1.54, 1.807) is 0 Å². The zero-order valence-electron chi connectivity index (χ0n) is 9.24. The van der Waals surface area contributed by atoms with E-state index in [9.17, 15) is 0 Å². The predicted molar refractivity (Wildman–Crippen MR) is 59.2 cm³/mol. The van der Waals surface area contributed by atoms with Gasteiger partial charge in [-0.2, -0.15) is 0 Å². The summed E-state index contributed by atoms with van der Waals surface area (Å²) in [5, 5.41) is 0. The van der Waals surface area contributed by atoms with E-state index in [4.69, 9.17) is 5.73 Å². The van der Waals surface area contributed by atoms with E-state index in [-0.39, 0.29) is 0 Å². The first-order valence-corrected chi connectivity index (χ1v) is 5.76. The van der Waals surface area contributed by atoms with Crippen molar-refractivity contribution >= 4 is 5.96 Å². The van der Waals surface area contributed by atoms with Gasteiger partial charge in [0.1, 0.15) is 0 Å². The molecule has 0 bridgehead atoms. The molecule has 0 amide bonds. The Morgan fingerprint density at radius 1 is 1.36 bits per heavy atom. The lowest BCUT2D eigenvalue weighted by atomic mass is 10.3. The molecule has 0 spiro atoms. The fraction of sp³-hybridized carbons (Fsp3) is 0.909. The third-order valence-electron chi connectivity index (χ3n) is 2.93. The maximum absolute atomic E-state index is 6.01. The Morgan fingerprint density at radius 3 is 2.43 bits per heavy atom. The Kier molecular flexibility index (Phi) is 2.66. The molecule has 0 heterocycles. The van der Waals surface area contributed by atoms with Gasteiger partial charge in [0.2, 0.25) is 0 Å². The van der Waals surface area contributed by atoms with Gasteiger partial charge in [-0.1, -0.05) is 0 Å². The molecule has 0 unspecified atom stereocenters. The molecule has 0 aromatic heterocycles. The minimum absolute atomic E-state index is 0.484. The summed E-state index contributed by atoms with van der Waals surface area (Å²) in [5.41, 5.74) is 6.01. The Balaban J connectivity index is 1.92. The van der Waals surface area contributed by atoms with Crippen LogP contribution in [0.5, 0.6) is 0 Å². The standard InChI is InChI=1S/C11H21N3/c1-8(2)14(7-9-3-4-9)11(12)13-10-5-6-10/h8-10H,3-7H2,1-2H3,(H2,12,13). The van der Waals surface area contributed by atoms with E-state index in [1.807, 2.05) is 0 Å². The Bertz CT molecular complexity index is 227. The Morgan fingerprint density at radius 2 is 2.00 bits per heavy atom.